The van der Waals surface area contributed by atoms with Crippen molar-refractivity contribution in [1.29, 1.82) is 0 Å². The molecule has 4 N–H and O–H groups in total. The number of carbonyl (C=O) groups excluding carboxylic acids is 1. The van der Waals surface area contributed by atoms with Gasteiger partial charge in [0, 0.05) is 11.1 Å². The highest BCUT2D eigenvalue weighted by Crippen LogP contribution is 2.44. The largest absolute Gasteiger partial charge is 0.508 e. The molecule has 3 aromatic carbocycles. The van der Waals surface area contributed by atoms with Crippen LogP contribution in [0.3, 0.4) is 0 Å². The molecule has 0 bridgehead atoms. The molecule has 0 aliphatic heterocycles. The lowest BCUT2D eigenvalue weighted by atomic mass is 9.77. The highest BCUT2D eigenvalue weighted by molar-refractivity contribution is 7.99. The minimum absolute atomic E-state index is 0.169. The van der Waals surface area contributed by atoms with E-state index in [2.05, 4.69) is 83.1 Å². The summed E-state index contributed by atoms with van der Waals surface area (Å²) in [6.07, 6.45) is 1.69. The molecule has 2 atom stereocenters. The van der Waals surface area contributed by atoms with Crippen molar-refractivity contribution in [2.24, 2.45) is 11.8 Å². The molecule has 0 aromatic heterocycles. The minimum atomic E-state index is -0.852. The van der Waals surface area contributed by atoms with Gasteiger partial charge in [0.15, 0.2) is 0 Å². The molecule has 0 saturated heterocycles. The number of rotatable bonds is 13. The van der Waals surface area contributed by atoms with Gasteiger partial charge in [-0.2, -0.15) is 11.8 Å². The van der Waals surface area contributed by atoms with E-state index in [0.717, 1.165) is 38.9 Å². The van der Waals surface area contributed by atoms with Crippen molar-refractivity contribution in [3.63, 3.8) is 0 Å². The van der Waals surface area contributed by atoms with Crippen molar-refractivity contribution >= 4 is 23.7 Å². The van der Waals surface area contributed by atoms with Gasteiger partial charge in [-0.15, -0.1) is 0 Å². The van der Waals surface area contributed by atoms with Crippen molar-refractivity contribution in [2.75, 3.05) is 11.5 Å². The molecule has 3 aromatic rings. The first-order valence-corrected chi connectivity index (χ1v) is 22.8. The second kappa shape index (κ2) is 18.4. The van der Waals surface area contributed by atoms with E-state index in [1.165, 1.54) is 0 Å². The van der Waals surface area contributed by atoms with Crippen LogP contribution in [0.5, 0.6) is 23.0 Å². The first-order chi connectivity index (χ1) is 27.0. The lowest BCUT2D eigenvalue weighted by molar-refractivity contribution is -0.142. The molecule has 7 nitrogen and oxygen atoms in total. The number of carboxylic acids is 1. The highest BCUT2D eigenvalue weighted by atomic mass is 32.2. The van der Waals surface area contributed by atoms with Crippen LogP contribution in [0.25, 0.3) is 0 Å². The summed E-state index contributed by atoms with van der Waals surface area (Å²) < 4.78 is 6.38. The SMILES string of the molecule is CC(C)(C)c1cc(OC(=O)C(CCSCCC(Cc2cc(C(C)(C)C)c(O)c(C(C)(C)C)c2)C(=O)O)Cc2cc(C(C)(C)C)c(O)c(C(C)(C)C)c2)c(C(C)(C)C)cc1O. The van der Waals surface area contributed by atoms with Crippen LogP contribution in [-0.2, 0) is 54.9 Å². The summed E-state index contributed by atoms with van der Waals surface area (Å²) in [5.41, 5.74) is 4.43. The van der Waals surface area contributed by atoms with E-state index in [-0.39, 0.29) is 44.9 Å². The van der Waals surface area contributed by atoms with Gasteiger partial charge in [-0.05, 0) is 115 Å². The molecule has 0 aliphatic rings. The fourth-order valence-corrected chi connectivity index (χ4v) is 8.79. The van der Waals surface area contributed by atoms with Crippen LogP contribution in [-0.4, -0.2) is 43.9 Å². The smallest absolute Gasteiger partial charge is 0.314 e. The third kappa shape index (κ3) is 13.2. The maximum Gasteiger partial charge on any atom is 0.314 e. The normalized spacial score (nSPS) is 14.2. The van der Waals surface area contributed by atoms with Crippen LogP contribution in [0.15, 0.2) is 36.4 Å². The Hall–Kier alpha value is -3.65. The number of carbonyl (C=O) groups is 2. The molecule has 8 heteroatoms. The monoisotopic (exact) mass is 847 g/mol. The highest BCUT2D eigenvalue weighted by Gasteiger charge is 2.32. The van der Waals surface area contributed by atoms with E-state index >= 15 is 0 Å². The van der Waals surface area contributed by atoms with Crippen LogP contribution >= 0.6 is 11.8 Å². The number of phenols is 3. The Balaban J connectivity index is 1.97. The zero-order valence-electron chi connectivity index (χ0n) is 40.3. The number of thioether (sulfide) groups is 1. The number of carboxylic acid groups (broad SMARTS) is 1. The first-order valence-electron chi connectivity index (χ1n) is 21.7. The Bertz CT molecular complexity index is 1930. The average molecular weight is 847 g/mol. The van der Waals surface area contributed by atoms with E-state index < -0.39 is 28.6 Å². The lowest BCUT2D eigenvalue weighted by Crippen LogP contribution is -2.26. The molecule has 60 heavy (non-hydrogen) atoms. The maximum absolute atomic E-state index is 14.5. The number of phenolic OH excluding ortho intramolecular Hbond substituents is 3. The predicted octanol–water partition coefficient (Wildman–Crippen LogP) is 12.8. The van der Waals surface area contributed by atoms with E-state index in [1.54, 1.807) is 17.8 Å². The van der Waals surface area contributed by atoms with Crippen LogP contribution < -0.4 is 4.74 Å². The van der Waals surface area contributed by atoms with Crippen LogP contribution in [0, 0.1) is 11.8 Å². The van der Waals surface area contributed by atoms with Crippen molar-refractivity contribution in [3.8, 4) is 23.0 Å². The van der Waals surface area contributed by atoms with Gasteiger partial charge in [-0.25, -0.2) is 0 Å². The number of ether oxygens (including phenoxy) is 1. The zero-order valence-corrected chi connectivity index (χ0v) is 41.1. The van der Waals surface area contributed by atoms with Gasteiger partial charge in [-0.3, -0.25) is 9.59 Å². The Kier molecular flexibility index (Phi) is 15.5. The number of benzene rings is 3. The number of hydrogen-bond donors (Lipinski definition) is 4. The summed E-state index contributed by atoms with van der Waals surface area (Å²) >= 11 is 1.64. The molecular weight excluding hydrogens is 769 g/mol. The predicted molar refractivity (Wildman–Crippen MR) is 251 cm³/mol. The van der Waals surface area contributed by atoms with Gasteiger partial charge < -0.3 is 25.2 Å². The average Bonchev–Trinajstić information content (AvgIpc) is 3.05. The van der Waals surface area contributed by atoms with Crippen molar-refractivity contribution in [3.05, 3.63) is 80.9 Å². The fraction of sp³-hybridized carbons (Fsp3) is 0.615. The van der Waals surface area contributed by atoms with Crippen LogP contribution in [0.2, 0.25) is 0 Å². The van der Waals surface area contributed by atoms with Gasteiger partial charge >= 0.3 is 11.9 Å². The van der Waals surface area contributed by atoms with E-state index in [9.17, 15) is 30.0 Å². The minimum Gasteiger partial charge on any atom is -0.508 e. The molecule has 2 unspecified atom stereocenters. The Morgan fingerprint density at radius 3 is 1.17 bits per heavy atom. The lowest BCUT2D eigenvalue weighted by Gasteiger charge is -2.29. The summed E-state index contributed by atoms with van der Waals surface area (Å²) in [5.74, 6) is -0.00155. The van der Waals surface area contributed by atoms with E-state index in [1.807, 2.05) is 71.9 Å². The molecule has 0 saturated carbocycles. The molecule has 0 aliphatic carbocycles. The molecule has 3 rings (SSSR count). The summed E-state index contributed by atoms with van der Waals surface area (Å²) in [7, 11) is 0. The standard InChI is InChI=1S/C52H78O7S/c1-47(2,3)35-30-42(36(29-41(35)53)48(4,5)6)59-46(58)34(24-32-27-39(51(13,14)15)44(55)40(28-32)52(16,17)18)20-22-60-21-19-33(45(56)57)23-31-25-37(49(7,8)9)43(54)38(26-31)50(10,11)12/h25-30,33-34,53-55H,19-24H2,1-18H3,(H,56,57). The van der Waals surface area contributed by atoms with Crippen LogP contribution in [0.1, 0.15) is 182 Å². The Morgan fingerprint density at radius 2 is 0.833 bits per heavy atom. The molecular formula is C52H78O7S. The molecule has 0 fully saturated rings. The van der Waals surface area contributed by atoms with E-state index in [0.29, 0.717) is 48.5 Å². The maximum atomic E-state index is 14.5. The van der Waals surface area contributed by atoms with E-state index in [4.69, 9.17) is 4.74 Å². The molecule has 0 heterocycles. The van der Waals surface area contributed by atoms with Gasteiger partial charge in [0.05, 0.1) is 11.8 Å². The summed E-state index contributed by atoms with van der Waals surface area (Å²) in [6.45, 7) is 36.9. The Morgan fingerprint density at radius 1 is 0.500 bits per heavy atom. The number of aromatic hydroxyl groups is 3. The molecule has 334 valence electrons. The summed E-state index contributed by atoms with van der Waals surface area (Å²) in [5, 5.41) is 44.1. The molecule has 0 amide bonds. The third-order valence-electron chi connectivity index (χ3n) is 11.4. The van der Waals surface area contributed by atoms with Crippen molar-refractivity contribution < 1.29 is 34.8 Å². The van der Waals surface area contributed by atoms with Gasteiger partial charge in [0.25, 0.3) is 0 Å². The topological polar surface area (TPSA) is 124 Å². The number of esters is 1. The summed E-state index contributed by atoms with van der Waals surface area (Å²) in [4.78, 5) is 27.2. The van der Waals surface area contributed by atoms with Gasteiger partial charge in [0.2, 0.25) is 0 Å². The first kappa shape index (κ1) is 50.7. The fourth-order valence-electron chi connectivity index (χ4n) is 7.68. The number of hydrogen-bond acceptors (Lipinski definition) is 7. The van der Waals surface area contributed by atoms with Crippen molar-refractivity contribution in [1.82, 2.24) is 0 Å². The summed E-state index contributed by atoms with van der Waals surface area (Å²) in [6, 6.07) is 11.5. The zero-order chi connectivity index (χ0) is 46.1. The Labute approximate surface area is 367 Å². The van der Waals surface area contributed by atoms with Gasteiger partial charge in [-0.1, -0.05) is 149 Å². The molecule has 0 radical (unpaired) electrons. The second-order valence-corrected chi connectivity index (χ2v) is 24.4. The molecule has 0 spiro atoms. The second-order valence-electron chi connectivity index (χ2n) is 23.2. The number of aliphatic carboxylic acids is 1. The van der Waals surface area contributed by atoms with Crippen molar-refractivity contribution in [2.45, 2.75) is 183 Å². The third-order valence-corrected chi connectivity index (χ3v) is 12.4. The van der Waals surface area contributed by atoms with Crippen LogP contribution in [0.4, 0.5) is 0 Å². The quantitative estimate of drug-likeness (QED) is 0.0762. The van der Waals surface area contributed by atoms with Gasteiger partial charge in [0.1, 0.15) is 23.0 Å².